The Morgan fingerprint density at radius 1 is 1.18 bits per heavy atom. The SMILES string of the molecule is C\C=C/C=C\C(=C\C(C)c1ccccc1)CC. The molecule has 0 heteroatoms. The molecule has 1 aromatic carbocycles. The highest BCUT2D eigenvalue weighted by Gasteiger charge is 2.01. The van der Waals surface area contributed by atoms with Gasteiger partial charge in [0.05, 0.1) is 0 Å². The fourth-order valence-electron chi connectivity index (χ4n) is 1.76. The molecule has 0 fully saturated rings. The van der Waals surface area contributed by atoms with Crippen LogP contribution < -0.4 is 0 Å². The van der Waals surface area contributed by atoms with Crippen LogP contribution in [0.5, 0.6) is 0 Å². The molecule has 0 aliphatic carbocycles. The Bertz CT molecular complexity index is 393. The van der Waals surface area contributed by atoms with Gasteiger partial charge in [-0.3, -0.25) is 0 Å². The molecule has 0 heterocycles. The van der Waals surface area contributed by atoms with Crippen molar-refractivity contribution in [1.82, 2.24) is 0 Å². The largest absolute Gasteiger partial charge is 0.0877 e. The maximum absolute atomic E-state index is 2.34. The van der Waals surface area contributed by atoms with Gasteiger partial charge in [0.15, 0.2) is 0 Å². The van der Waals surface area contributed by atoms with Crippen LogP contribution in [0.4, 0.5) is 0 Å². The predicted octanol–water partition coefficient (Wildman–Crippen LogP) is 5.26. The molecule has 0 radical (unpaired) electrons. The fourth-order valence-corrected chi connectivity index (χ4v) is 1.76. The second kappa shape index (κ2) is 7.67. The maximum atomic E-state index is 2.34. The summed E-state index contributed by atoms with van der Waals surface area (Å²) in [5.41, 5.74) is 2.76. The van der Waals surface area contributed by atoms with Crippen LogP contribution in [0.2, 0.25) is 0 Å². The highest BCUT2D eigenvalue weighted by molar-refractivity contribution is 5.29. The quantitative estimate of drug-likeness (QED) is 0.601. The van der Waals surface area contributed by atoms with Crippen molar-refractivity contribution in [2.75, 3.05) is 0 Å². The minimum absolute atomic E-state index is 0.474. The molecule has 0 aliphatic heterocycles. The summed E-state index contributed by atoms with van der Waals surface area (Å²) in [7, 11) is 0. The van der Waals surface area contributed by atoms with Crippen molar-refractivity contribution in [2.45, 2.75) is 33.1 Å². The molecule has 0 nitrogen and oxygen atoms in total. The Labute approximate surface area is 105 Å². The highest BCUT2D eigenvalue weighted by atomic mass is 14.1. The monoisotopic (exact) mass is 226 g/mol. The van der Waals surface area contributed by atoms with E-state index in [4.69, 9.17) is 0 Å². The molecule has 0 bridgehead atoms. The molecule has 0 aromatic heterocycles. The average Bonchev–Trinajstić information content (AvgIpc) is 2.38. The van der Waals surface area contributed by atoms with Crippen LogP contribution in [0.3, 0.4) is 0 Å². The molecule has 0 amide bonds. The van der Waals surface area contributed by atoms with Crippen molar-refractivity contribution in [3.8, 4) is 0 Å². The van der Waals surface area contributed by atoms with E-state index in [1.54, 1.807) is 0 Å². The Kier molecular flexibility index (Phi) is 6.09. The molecule has 0 N–H and O–H groups in total. The van der Waals surface area contributed by atoms with Crippen molar-refractivity contribution in [3.63, 3.8) is 0 Å². The minimum Gasteiger partial charge on any atom is -0.0877 e. The van der Waals surface area contributed by atoms with E-state index in [2.05, 4.69) is 68.5 Å². The summed E-state index contributed by atoms with van der Waals surface area (Å²) < 4.78 is 0. The zero-order chi connectivity index (χ0) is 12.5. The van der Waals surface area contributed by atoms with Crippen molar-refractivity contribution >= 4 is 0 Å². The van der Waals surface area contributed by atoms with E-state index in [1.807, 2.05) is 13.0 Å². The molecule has 17 heavy (non-hydrogen) atoms. The summed E-state index contributed by atoms with van der Waals surface area (Å²) in [5, 5.41) is 0. The number of hydrogen-bond acceptors (Lipinski definition) is 0. The lowest BCUT2D eigenvalue weighted by Crippen LogP contribution is -1.90. The van der Waals surface area contributed by atoms with Crippen LogP contribution in [0.15, 0.2) is 66.3 Å². The van der Waals surface area contributed by atoms with E-state index >= 15 is 0 Å². The van der Waals surface area contributed by atoms with Gasteiger partial charge >= 0.3 is 0 Å². The number of benzene rings is 1. The molecule has 0 spiro atoms. The molecule has 1 rings (SSSR count). The molecular formula is C17H22. The van der Waals surface area contributed by atoms with Gasteiger partial charge in [-0.1, -0.05) is 80.1 Å². The summed E-state index contributed by atoms with van der Waals surface area (Å²) in [6.45, 7) is 6.48. The van der Waals surface area contributed by atoms with Gasteiger partial charge in [-0.25, -0.2) is 0 Å². The fraction of sp³-hybridized carbons (Fsp3) is 0.294. The normalized spacial score (nSPS) is 14.6. The van der Waals surface area contributed by atoms with E-state index < -0.39 is 0 Å². The molecule has 1 aromatic rings. The number of allylic oxidation sites excluding steroid dienone is 6. The first kappa shape index (κ1) is 13.5. The minimum atomic E-state index is 0.474. The Morgan fingerprint density at radius 2 is 1.88 bits per heavy atom. The molecule has 0 aliphatic rings. The van der Waals surface area contributed by atoms with Crippen molar-refractivity contribution in [2.24, 2.45) is 0 Å². The number of hydrogen-bond donors (Lipinski definition) is 0. The Morgan fingerprint density at radius 3 is 2.47 bits per heavy atom. The zero-order valence-corrected chi connectivity index (χ0v) is 11.1. The lowest BCUT2D eigenvalue weighted by molar-refractivity contribution is 0.943. The lowest BCUT2D eigenvalue weighted by atomic mass is 9.97. The van der Waals surface area contributed by atoms with E-state index in [9.17, 15) is 0 Å². The Balaban J connectivity index is 2.78. The van der Waals surface area contributed by atoms with E-state index in [0.717, 1.165) is 6.42 Å². The standard InChI is InChI=1S/C17H22/c1-4-6-8-11-16(5-2)14-15(3)17-12-9-7-10-13-17/h4,6-15H,5H2,1-3H3/b6-4-,11-8-,16-14+. The third-order valence-electron chi connectivity index (χ3n) is 2.81. The first-order valence-corrected chi connectivity index (χ1v) is 6.33. The van der Waals surface area contributed by atoms with Crippen molar-refractivity contribution < 1.29 is 0 Å². The van der Waals surface area contributed by atoms with Crippen LogP contribution in [0, 0.1) is 0 Å². The van der Waals surface area contributed by atoms with Gasteiger partial charge in [0.25, 0.3) is 0 Å². The third kappa shape index (κ3) is 4.86. The summed E-state index contributed by atoms with van der Waals surface area (Å²) in [4.78, 5) is 0. The second-order valence-corrected chi connectivity index (χ2v) is 4.18. The summed E-state index contributed by atoms with van der Waals surface area (Å²) in [6, 6.07) is 10.6. The Hall–Kier alpha value is -1.56. The summed E-state index contributed by atoms with van der Waals surface area (Å²) in [5.74, 6) is 0.474. The average molecular weight is 226 g/mol. The van der Waals surface area contributed by atoms with Crippen LogP contribution in [-0.2, 0) is 0 Å². The smallest absolute Gasteiger partial charge is 0.000462 e. The van der Waals surface area contributed by atoms with Gasteiger partial charge in [-0.15, -0.1) is 0 Å². The van der Waals surface area contributed by atoms with Gasteiger partial charge < -0.3 is 0 Å². The first-order chi connectivity index (χ1) is 8.27. The van der Waals surface area contributed by atoms with Gasteiger partial charge in [-0.2, -0.15) is 0 Å². The molecule has 1 unspecified atom stereocenters. The third-order valence-corrected chi connectivity index (χ3v) is 2.81. The number of rotatable bonds is 5. The predicted molar refractivity (Wildman–Crippen MR) is 77.2 cm³/mol. The van der Waals surface area contributed by atoms with Crippen LogP contribution in [-0.4, -0.2) is 0 Å². The van der Waals surface area contributed by atoms with Crippen molar-refractivity contribution in [1.29, 1.82) is 0 Å². The molecule has 0 saturated heterocycles. The van der Waals surface area contributed by atoms with Gasteiger partial charge in [0.1, 0.15) is 0 Å². The van der Waals surface area contributed by atoms with Gasteiger partial charge in [0.2, 0.25) is 0 Å². The zero-order valence-electron chi connectivity index (χ0n) is 11.1. The molecule has 0 saturated carbocycles. The maximum Gasteiger partial charge on any atom is -0.000462 e. The van der Waals surface area contributed by atoms with Crippen LogP contribution >= 0.6 is 0 Å². The molecule has 90 valence electrons. The van der Waals surface area contributed by atoms with E-state index in [-0.39, 0.29) is 0 Å². The summed E-state index contributed by atoms with van der Waals surface area (Å²) >= 11 is 0. The van der Waals surface area contributed by atoms with E-state index in [1.165, 1.54) is 11.1 Å². The van der Waals surface area contributed by atoms with Gasteiger partial charge in [-0.05, 0) is 24.8 Å². The molecular weight excluding hydrogens is 204 g/mol. The first-order valence-electron chi connectivity index (χ1n) is 6.33. The van der Waals surface area contributed by atoms with Crippen LogP contribution in [0.25, 0.3) is 0 Å². The van der Waals surface area contributed by atoms with Crippen LogP contribution in [0.1, 0.15) is 38.7 Å². The van der Waals surface area contributed by atoms with Gasteiger partial charge in [0, 0.05) is 0 Å². The summed E-state index contributed by atoms with van der Waals surface area (Å²) in [6.07, 6.45) is 11.8. The van der Waals surface area contributed by atoms with E-state index in [0.29, 0.717) is 5.92 Å². The molecule has 1 atom stereocenters. The van der Waals surface area contributed by atoms with Crippen molar-refractivity contribution in [3.05, 3.63) is 71.8 Å². The highest BCUT2D eigenvalue weighted by Crippen LogP contribution is 2.19. The topological polar surface area (TPSA) is 0 Å². The second-order valence-electron chi connectivity index (χ2n) is 4.18. The lowest BCUT2D eigenvalue weighted by Gasteiger charge is -2.08.